The highest BCUT2D eigenvalue weighted by molar-refractivity contribution is 7.89. The summed E-state index contributed by atoms with van der Waals surface area (Å²) < 4.78 is 30.9. The van der Waals surface area contributed by atoms with E-state index in [9.17, 15) is 18.0 Å². The molecule has 2 aromatic carbocycles. The molecule has 1 aliphatic heterocycles. The zero-order chi connectivity index (χ0) is 23.3. The molecule has 9 nitrogen and oxygen atoms in total. The molecule has 2 aromatic rings. The first-order chi connectivity index (χ1) is 15.2. The average molecular weight is 461 g/mol. The number of piperazine rings is 1. The molecule has 10 heteroatoms. The lowest BCUT2D eigenvalue weighted by Gasteiger charge is -2.34. The standard InChI is InChI=1S/C22H28N4O5S/c1-17-4-8-19(9-5-17)31-16-21(27)25-12-14-26(15-13-25)22(28)23-18-6-10-20(11-7-18)32(29,30)24(2)3/h4-11H,12-16H2,1-3H3,(H,23,28). The Morgan fingerprint density at radius 2 is 1.50 bits per heavy atom. The second-order valence-electron chi connectivity index (χ2n) is 7.71. The maximum atomic E-state index is 12.5. The van der Waals surface area contributed by atoms with Gasteiger partial charge in [-0.2, -0.15) is 0 Å². The molecule has 0 bridgehead atoms. The first-order valence-electron chi connectivity index (χ1n) is 10.2. The Balaban J connectivity index is 1.46. The Bertz CT molecular complexity index is 1040. The fraction of sp³-hybridized carbons (Fsp3) is 0.364. The summed E-state index contributed by atoms with van der Waals surface area (Å²) in [5.74, 6) is 0.523. The summed E-state index contributed by atoms with van der Waals surface area (Å²) in [6.45, 7) is 3.57. The van der Waals surface area contributed by atoms with Crippen LogP contribution in [-0.4, -0.2) is 81.3 Å². The van der Waals surface area contributed by atoms with E-state index < -0.39 is 10.0 Å². The molecule has 172 valence electrons. The van der Waals surface area contributed by atoms with Crippen LogP contribution in [0.3, 0.4) is 0 Å². The van der Waals surface area contributed by atoms with E-state index in [4.69, 9.17) is 4.74 Å². The van der Waals surface area contributed by atoms with Crippen molar-refractivity contribution in [1.29, 1.82) is 0 Å². The topological polar surface area (TPSA) is 99.3 Å². The molecule has 32 heavy (non-hydrogen) atoms. The van der Waals surface area contributed by atoms with Crippen molar-refractivity contribution in [3.8, 4) is 5.75 Å². The van der Waals surface area contributed by atoms with Crippen LogP contribution in [0, 0.1) is 6.92 Å². The molecule has 1 aliphatic rings. The van der Waals surface area contributed by atoms with E-state index in [0.717, 1.165) is 9.87 Å². The van der Waals surface area contributed by atoms with Crippen molar-refractivity contribution in [2.45, 2.75) is 11.8 Å². The Morgan fingerprint density at radius 3 is 2.06 bits per heavy atom. The van der Waals surface area contributed by atoms with Gasteiger partial charge in [-0.25, -0.2) is 17.5 Å². The second-order valence-corrected chi connectivity index (χ2v) is 9.86. The van der Waals surface area contributed by atoms with Gasteiger partial charge in [0.2, 0.25) is 10.0 Å². The molecule has 0 aliphatic carbocycles. The normalized spacial score (nSPS) is 14.4. The number of amides is 3. The molecule has 0 aromatic heterocycles. The van der Waals surface area contributed by atoms with Crippen LogP contribution in [0.4, 0.5) is 10.5 Å². The molecule has 0 atom stereocenters. The highest BCUT2D eigenvalue weighted by atomic mass is 32.2. The minimum Gasteiger partial charge on any atom is -0.484 e. The van der Waals surface area contributed by atoms with E-state index in [1.165, 1.54) is 26.2 Å². The van der Waals surface area contributed by atoms with Crippen LogP contribution < -0.4 is 10.1 Å². The third-order valence-corrected chi connectivity index (χ3v) is 7.02. The number of urea groups is 1. The molecule has 3 rings (SSSR count). The van der Waals surface area contributed by atoms with Crippen molar-refractivity contribution in [3.05, 3.63) is 54.1 Å². The monoisotopic (exact) mass is 460 g/mol. The van der Waals surface area contributed by atoms with Gasteiger partial charge in [-0.3, -0.25) is 4.79 Å². The van der Waals surface area contributed by atoms with Gasteiger partial charge in [-0.05, 0) is 43.3 Å². The molecule has 0 saturated carbocycles. The average Bonchev–Trinajstić information content (AvgIpc) is 2.79. The van der Waals surface area contributed by atoms with E-state index in [1.807, 2.05) is 31.2 Å². The van der Waals surface area contributed by atoms with E-state index in [2.05, 4.69) is 5.32 Å². The Labute approximate surface area is 188 Å². The van der Waals surface area contributed by atoms with E-state index >= 15 is 0 Å². The number of ether oxygens (including phenoxy) is 1. The maximum absolute atomic E-state index is 12.5. The van der Waals surface area contributed by atoms with Crippen LogP contribution in [0.2, 0.25) is 0 Å². The van der Waals surface area contributed by atoms with Crippen molar-refractivity contribution in [2.24, 2.45) is 0 Å². The Kier molecular flexibility index (Phi) is 7.37. The first-order valence-corrected chi connectivity index (χ1v) is 11.7. The van der Waals surface area contributed by atoms with Gasteiger partial charge in [0.1, 0.15) is 5.75 Å². The van der Waals surface area contributed by atoms with Gasteiger partial charge in [0.25, 0.3) is 5.91 Å². The fourth-order valence-corrected chi connectivity index (χ4v) is 4.06. The number of hydrogen-bond donors (Lipinski definition) is 1. The molecule has 1 saturated heterocycles. The number of rotatable bonds is 6. The largest absolute Gasteiger partial charge is 0.484 e. The molecule has 3 amide bonds. The van der Waals surface area contributed by atoms with E-state index in [0.29, 0.717) is 37.6 Å². The van der Waals surface area contributed by atoms with Crippen LogP contribution in [0.25, 0.3) is 0 Å². The lowest BCUT2D eigenvalue weighted by molar-refractivity contribution is -0.134. The summed E-state index contributed by atoms with van der Waals surface area (Å²) in [5, 5.41) is 2.77. The third-order valence-electron chi connectivity index (χ3n) is 5.19. The third kappa shape index (κ3) is 5.77. The van der Waals surface area contributed by atoms with Crippen molar-refractivity contribution in [3.63, 3.8) is 0 Å². The van der Waals surface area contributed by atoms with Gasteiger partial charge in [0, 0.05) is 46.0 Å². The summed E-state index contributed by atoms with van der Waals surface area (Å²) in [4.78, 5) is 28.4. The zero-order valence-corrected chi connectivity index (χ0v) is 19.3. The van der Waals surface area contributed by atoms with Gasteiger partial charge in [0.05, 0.1) is 4.90 Å². The van der Waals surface area contributed by atoms with E-state index in [1.54, 1.807) is 21.9 Å². The molecule has 0 radical (unpaired) electrons. The SMILES string of the molecule is Cc1ccc(OCC(=O)N2CCN(C(=O)Nc3ccc(S(=O)(=O)N(C)C)cc3)CC2)cc1. The highest BCUT2D eigenvalue weighted by Gasteiger charge is 2.24. The van der Waals surface area contributed by atoms with Crippen LogP contribution in [0.5, 0.6) is 5.75 Å². The Morgan fingerprint density at radius 1 is 0.938 bits per heavy atom. The van der Waals surface area contributed by atoms with Crippen LogP contribution in [-0.2, 0) is 14.8 Å². The molecular formula is C22H28N4O5S. The van der Waals surface area contributed by atoms with Crippen molar-refractivity contribution in [2.75, 3.05) is 52.2 Å². The molecular weight excluding hydrogens is 432 g/mol. The zero-order valence-electron chi connectivity index (χ0n) is 18.4. The molecule has 1 heterocycles. The predicted octanol–water partition coefficient (Wildman–Crippen LogP) is 2.00. The summed E-state index contributed by atoms with van der Waals surface area (Å²) >= 11 is 0. The number of aryl methyl sites for hydroxylation is 1. The first kappa shape index (κ1) is 23.6. The van der Waals surface area contributed by atoms with Gasteiger partial charge in [-0.15, -0.1) is 0 Å². The van der Waals surface area contributed by atoms with Crippen LogP contribution >= 0.6 is 0 Å². The molecule has 1 N–H and O–H groups in total. The second kappa shape index (κ2) is 10.0. The highest BCUT2D eigenvalue weighted by Crippen LogP contribution is 2.17. The number of hydrogen-bond acceptors (Lipinski definition) is 5. The number of nitrogens with zero attached hydrogens (tertiary/aromatic N) is 3. The minimum absolute atomic E-state index is 0.0442. The van der Waals surface area contributed by atoms with Gasteiger partial charge in [0.15, 0.2) is 6.61 Å². The summed E-state index contributed by atoms with van der Waals surface area (Å²) in [7, 11) is -0.594. The summed E-state index contributed by atoms with van der Waals surface area (Å²) in [5.41, 5.74) is 1.62. The van der Waals surface area contributed by atoms with Crippen molar-refractivity contribution >= 4 is 27.6 Å². The number of carbonyl (C=O) groups is 2. The quantitative estimate of drug-likeness (QED) is 0.711. The lowest BCUT2D eigenvalue weighted by Crippen LogP contribution is -2.52. The molecule has 0 unspecified atom stereocenters. The molecule has 1 fully saturated rings. The van der Waals surface area contributed by atoms with Gasteiger partial charge < -0.3 is 19.9 Å². The number of nitrogens with one attached hydrogen (secondary N) is 1. The number of sulfonamides is 1. The number of benzene rings is 2. The summed E-state index contributed by atoms with van der Waals surface area (Å²) in [6.07, 6.45) is 0. The van der Waals surface area contributed by atoms with Crippen LogP contribution in [0.15, 0.2) is 53.4 Å². The minimum atomic E-state index is -3.52. The van der Waals surface area contributed by atoms with Crippen molar-refractivity contribution < 1.29 is 22.7 Å². The smallest absolute Gasteiger partial charge is 0.321 e. The fourth-order valence-electron chi connectivity index (χ4n) is 3.15. The number of carbonyl (C=O) groups excluding carboxylic acids is 2. The maximum Gasteiger partial charge on any atom is 0.321 e. The number of anilines is 1. The summed E-state index contributed by atoms with van der Waals surface area (Å²) in [6, 6.07) is 13.2. The Hall–Kier alpha value is -3.11. The van der Waals surface area contributed by atoms with Gasteiger partial charge >= 0.3 is 6.03 Å². The van der Waals surface area contributed by atoms with E-state index in [-0.39, 0.29) is 23.4 Å². The van der Waals surface area contributed by atoms with Gasteiger partial charge in [-0.1, -0.05) is 17.7 Å². The lowest BCUT2D eigenvalue weighted by atomic mass is 10.2. The predicted molar refractivity (Wildman–Crippen MR) is 121 cm³/mol. The molecule has 0 spiro atoms. The van der Waals surface area contributed by atoms with Crippen LogP contribution in [0.1, 0.15) is 5.56 Å². The van der Waals surface area contributed by atoms with Crippen molar-refractivity contribution in [1.82, 2.24) is 14.1 Å².